The highest BCUT2D eigenvalue weighted by atomic mass is 32.1. The molecule has 2 aromatic heterocycles. The predicted octanol–water partition coefficient (Wildman–Crippen LogP) is 14.6. The first-order valence-corrected chi connectivity index (χ1v) is 18.3. The van der Waals surface area contributed by atoms with Gasteiger partial charge in [0.1, 0.15) is 11.2 Å². The Balaban J connectivity index is 1.11. The number of rotatable bonds is 7. The molecule has 4 heteroatoms. The van der Waals surface area contributed by atoms with Crippen LogP contribution in [0.4, 0.5) is 34.1 Å². The van der Waals surface area contributed by atoms with Gasteiger partial charge >= 0.3 is 0 Å². The van der Waals surface area contributed by atoms with Gasteiger partial charge in [-0.15, -0.1) is 11.3 Å². The highest BCUT2D eigenvalue weighted by Gasteiger charge is 2.21. The Bertz CT molecular complexity index is 2840. The van der Waals surface area contributed by atoms with Gasteiger partial charge in [-0.2, -0.15) is 0 Å². The van der Waals surface area contributed by atoms with Crippen LogP contribution in [-0.2, 0) is 0 Å². The average Bonchev–Trinajstić information content (AvgIpc) is 3.78. The third-order valence-corrected chi connectivity index (χ3v) is 11.0. The van der Waals surface area contributed by atoms with Crippen LogP contribution < -0.4 is 9.80 Å². The summed E-state index contributed by atoms with van der Waals surface area (Å²) in [6, 6.07) is 69.1. The van der Waals surface area contributed by atoms with Crippen molar-refractivity contribution in [2.45, 2.75) is 0 Å². The average molecular weight is 685 g/mol. The largest absolute Gasteiger partial charge is 0.456 e. The lowest BCUT2D eigenvalue weighted by Crippen LogP contribution is -2.10. The second kappa shape index (κ2) is 12.6. The fourth-order valence-electron chi connectivity index (χ4n) is 7.44. The molecule has 10 aromatic rings. The first kappa shape index (κ1) is 30.2. The highest BCUT2D eigenvalue weighted by molar-refractivity contribution is 7.26. The zero-order valence-electron chi connectivity index (χ0n) is 28.2. The Morgan fingerprint density at radius 3 is 1.65 bits per heavy atom. The van der Waals surface area contributed by atoms with E-state index in [0.717, 1.165) is 56.1 Å². The van der Waals surface area contributed by atoms with E-state index in [4.69, 9.17) is 4.42 Å². The number of fused-ring (bicyclic) bond motifs is 6. The van der Waals surface area contributed by atoms with E-state index in [-0.39, 0.29) is 0 Å². The number of thiophene rings is 1. The molecule has 3 nitrogen and oxygen atoms in total. The van der Waals surface area contributed by atoms with Crippen LogP contribution in [0.15, 0.2) is 199 Å². The maximum Gasteiger partial charge on any atom is 0.137 e. The third kappa shape index (κ3) is 5.20. The van der Waals surface area contributed by atoms with Crippen molar-refractivity contribution >= 4 is 87.6 Å². The molecule has 0 spiro atoms. The molecule has 0 amide bonds. The van der Waals surface area contributed by atoms with Crippen LogP contribution in [0.2, 0.25) is 0 Å². The predicted molar refractivity (Wildman–Crippen MR) is 221 cm³/mol. The summed E-state index contributed by atoms with van der Waals surface area (Å²) in [5.74, 6) is 0. The van der Waals surface area contributed by atoms with Crippen molar-refractivity contribution in [1.82, 2.24) is 0 Å². The molecular formula is C48H32N2OS. The lowest BCUT2D eigenvalue weighted by molar-refractivity contribution is 0.669. The number of benzene rings is 8. The van der Waals surface area contributed by atoms with Gasteiger partial charge in [-0.3, -0.25) is 0 Å². The normalized spacial score (nSPS) is 11.5. The van der Waals surface area contributed by atoms with Crippen LogP contribution in [0.5, 0.6) is 0 Å². The van der Waals surface area contributed by atoms with Crippen molar-refractivity contribution in [3.63, 3.8) is 0 Å². The summed E-state index contributed by atoms with van der Waals surface area (Å²) in [5.41, 5.74) is 10.8. The lowest BCUT2D eigenvalue weighted by Gasteiger charge is -2.27. The standard InChI is InChI=1S/C48H32N2OS/c1-4-13-33(14-5-1)34-23-25-37(26-24-34)50(36-17-8-3-9-18-36)43-20-12-22-46-48(43)42-30-28-39(32-47(42)52-46)49(35-15-6-2-7-16-35)38-27-29-41-40-19-10-11-21-44(40)51-45(41)31-38/h1-32H. The Morgan fingerprint density at radius 2 is 0.904 bits per heavy atom. The minimum absolute atomic E-state index is 0.880. The number of nitrogens with zero attached hydrogens (tertiary/aromatic N) is 2. The van der Waals surface area contributed by atoms with E-state index >= 15 is 0 Å². The molecule has 0 radical (unpaired) electrons. The fourth-order valence-corrected chi connectivity index (χ4v) is 8.60. The van der Waals surface area contributed by atoms with Gasteiger partial charge in [-0.25, -0.2) is 0 Å². The van der Waals surface area contributed by atoms with Gasteiger partial charge in [0.05, 0.1) is 5.69 Å². The molecule has 8 aromatic carbocycles. The Morgan fingerprint density at radius 1 is 0.346 bits per heavy atom. The molecule has 0 bridgehead atoms. The minimum Gasteiger partial charge on any atom is -0.456 e. The van der Waals surface area contributed by atoms with Gasteiger partial charge in [0.15, 0.2) is 0 Å². The maximum absolute atomic E-state index is 6.33. The molecule has 10 rings (SSSR count). The highest BCUT2D eigenvalue weighted by Crippen LogP contribution is 2.47. The van der Waals surface area contributed by atoms with Crippen molar-refractivity contribution < 1.29 is 4.42 Å². The summed E-state index contributed by atoms with van der Waals surface area (Å²) in [7, 11) is 0. The Labute approximate surface area is 305 Å². The molecule has 0 atom stereocenters. The zero-order valence-corrected chi connectivity index (χ0v) is 29.0. The van der Waals surface area contributed by atoms with Gasteiger partial charge in [-0.1, -0.05) is 109 Å². The summed E-state index contributed by atoms with van der Waals surface area (Å²) in [5, 5.41) is 4.74. The number of para-hydroxylation sites is 3. The van der Waals surface area contributed by atoms with Crippen LogP contribution in [0, 0.1) is 0 Å². The third-order valence-electron chi connectivity index (χ3n) is 9.84. The Hall–Kier alpha value is -6.62. The van der Waals surface area contributed by atoms with Crippen LogP contribution in [-0.4, -0.2) is 0 Å². The molecule has 0 aliphatic carbocycles. The van der Waals surface area contributed by atoms with Crippen LogP contribution in [0.1, 0.15) is 0 Å². The molecule has 52 heavy (non-hydrogen) atoms. The van der Waals surface area contributed by atoms with E-state index in [1.807, 2.05) is 23.5 Å². The van der Waals surface area contributed by atoms with Gasteiger partial charge < -0.3 is 14.2 Å². The van der Waals surface area contributed by atoms with Crippen LogP contribution >= 0.6 is 11.3 Å². The molecule has 0 unspecified atom stereocenters. The number of hydrogen-bond donors (Lipinski definition) is 0. The molecular weight excluding hydrogens is 653 g/mol. The quantitative estimate of drug-likeness (QED) is 0.167. The molecule has 0 aliphatic heterocycles. The van der Waals surface area contributed by atoms with Gasteiger partial charge in [-0.05, 0) is 90.0 Å². The summed E-state index contributed by atoms with van der Waals surface area (Å²) in [6.45, 7) is 0. The minimum atomic E-state index is 0.880. The van der Waals surface area contributed by atoms with Crippen molar-refractivity contribution in [2.75, 3.05) is 9.80 Å². The van der Waals surface area contributed by atoms with E-state index in [2.05, 4.69) is 192 Å². The van der Waals surface area contributed by atoms with E-state index in [1.54, 1.807) is 0 Å². The molecule has 0 N–H and O–H groups in total. The summed E-state index contributed by atoms with van der Waals surface area (Å²) >= 11 is 1.84. The van der Waals surface area contributed by atoms with E-state index < -0.39 is 0 Å². The van der Waals surface area contributed by atoms with E-state index in [1.165, 1.54) is 31.3 Å². The Kier molecular flexibility index (Phi) is 7.33. The summed E-state index contributed by atoms with van der Waals surface area (Å²) < 4.78 is 8.82. The summed E-state index contributed by atoms with van der Waals surface area (Å²) in [6.07, 6.45) is 0. The molecule has 0 fully saturated rings. The SMILES string of the molecule is c1ccc(-c2ccc(N(c3ccccc3)c3cccc4sc5cc(N(c6ccccc6)c6ccc7c(c6)oc6ccccc67)ccc5c34)cc2)cc1. The zero-order chi connectivity index (χ0) is 34.4. The topological polar surface area (TPSA) is 19.6 Å². The molecule has 0 saturated heterocycles. The van der Waals surface area contributed by atoms with Crippen molar-refractivity contribution in [3.05, 3.63) is 194 Å². The first-order chi connectivity index (χ1) is 25.8. The fraction of sp³-hybridized carbons (Fsp3) is 0. The van der Waals surface area contributed by atoms with Gasteiger partial charge in [0, 0.05) is 65.4 Å². The smallest absolute Gasteiger partial charge is 0.137 e. The van der Waals surface area contributed by atoms with Crippen LogP contribution in [0.25, 0.3) is 53.2 Å². The number of anilines is 6. The van der Waals surface area contributed by atoms with Crippen molar-refractivity contribution in [3.8, 4) is 11.1 Å². The maximum atomic E-state index is 6.33. The number of hydrogen-bond acceptors (Lipinski definition) is 4. The van der Waals surface area contributed by atoms with Crippen molar-refractivity contribution in [1.29, 1.82) is 0 Å². The van der Waals surface area contributed by atoms with Crippen molar-refractivity contribution in [2.24, 2.45) is 0 Å². The monoisotopic (exact) mass is 684 g/mol. The van der Waals surface area contributed by atoms with Crippen LogP contribution in [0.3, 0.4) is 0 Å². The number of furan rings is 1. The second-order valence-corrected chi connectivity index (χ2v) is 14.1. The van der Waals surface area contributed by atoms with E-state index in [0.29, 0.717) is 0 Å². The molecule has 0 aliphatic rings. The lowest BCUT2D eigenvalue weighted by atomic mass is 10.0. The first-order valence-electron chi connectivity index (χ1n) is 17.5. The second-order valence-electron chi connectivity index (χ2n) is 13.0. The van der Waals surface area contributed by atoms with Gasteiger partial charge in [0.2, 0.25) is 0 Å². The summed E-state index contributed by atoms with van der Waals surface area (Å²) in [4.78, 5) is 4.71. The van der Waals surface area contributed by atoms with Gasteiger partial charge in [0.25, 0.3) is 0 Å². The van der Waals surface area contributed by atoms with E-state index in [9.17, 15) is 0 Å². The molecule has 246 valence electrons. The molecule has 2 heterocycles. The molecule has 0 saturated carbocycles.